The third-order valence-corrected chi connectivity index (χ3v) is 7.71. The number of imide groups is 1. The summed E-state index contributed by atoms with van der Waals surface area (Å²) in [6.07, 6.45) is 1.21. The zero-order valence-electron chi connectivity index (χ0n) is 20.3. The zero-order valence-corrected chi connectivity index (χ0v) is 21.1. The highest BCUT2D eigenvalue weighted by Crippen LogP contribution is 2.46. The van der Waals surface area contributed by atoms with Gasteiger partial charge < -0.3 is 20.3 Å². The molecule has 1 spiro atoms. The number of aryl methyl sites for hydroxylation is 1. The number of urea groups is 1. The van der Waals surface area contributed by atoms with Crippen LogP contribution in [0.1, 0.15) is 48.9 Å². The summed E-state index contributed by atoms with van der Waals surface area (Å²) in [5.41, 5.74) is 1.09. The molecule has 1 aliphatic carbocycles. The van der Waals surface area contributed by atoms with E-state index in [-0.39, 0.29) is 29.6 Å². The number of ether oxygens (including phenoxy) is 1. The molecule has 2 aromatic carbocycles. The Morgan fingerprint density at radius 2 is 1.97 bits per heavy atom. The highest BCUT2D eigenvalue weighted by molar-refractivity contribution is 6.30. The molecule has 2 N–H and O–H groups in total. The van der Waals surface area contributed by atoms with Crippen molar-refractivity contribution in [1.82, 2.24) is 15.1 Å². The van der Waals surface area contributed by atoms with E-state index in [9.17, 15) is 23.6 Å². The first kappa shape index (κ1) is 25.0. The number of carbonyl (C=O) groups excluding carboxylic acids is 4. The number of nitrogens with one attached hydrogen (secondary N) is 2. The lowest BCUT2D eigenvalue weighted by atomic mass is 9.94. The van der Waals surface area contributed by atoms with Gasteiger partial charge in [-0.2, -0.15) is 0 Å². The van der Waals surface area contributed by atoms with Crippen molar-refractivity contribution in [3.63, 3.8) is 0 Å². The number of hydrogen-bond donors (Lipinski definition) is 2. The fraction of sp³-hybridized carbons (Fsp3) is 0.385. The monoisotopic (exact) mass is 528 g/mol. The Morgan fingerprint density at radius 1 is 1.19 bits per heavy atom. The molecule has 11 heteroatoms. The van der Waals surface area contributed by atoms with Crippen LogP contribution in [0.3, 0.4) is 0 Å². The van der Waals surface area contributed by atoms with E-state index in [1.165, 1.54) is 19.2 Å². The highest BCUT2D eigenvalue weighted by atomic mass is 35.5. The minimum Gasteiger partial charge on any atom is -0.427 e. The third kappa shape index (κ3) is 4.19. The maximum atomic E-state index is 13.7. The lowest BCUT2D eigenvalue weighted by molar-refractivity contribution is -0.143. The number of carbonyl (C=O) groups is 4. The van der Waals surface area contributed by atoms with Gasteiger partial charge in [0, 0.05) is 30.8 Å². The molecule has 37 heavy (non-hydrogen) atoms. The summed E-state index contributed by atoms with van der Waals surface area (Å²) in [4.78, 5) is 54.0. The van der Waals surface area contributed by atoms with Crippen LogP contribution in [0.5, 0.6) is 0 Å². The van der Waals surface area contributed by atoms with E-state index in [0.717, 1.165) is 10.5 Å². The topological polar surface area (TPSA) is 108 Å². The smallest absolute Gasteiger partial charge is 0.418 e. The predicted molar refractivity (Wildman–Crippen MR) is 132 cm³/mol. The number of rotatable bonds is 4. The van der Waals surface area contributed by atoms with E-state index in [1.54, 1.807) is 29.2 Å². The van der Waals surface area contributed by atoms with E-state index < -0.39 is 35.9 Å². The molecule has 5 amide bonds. The van der Waals surface area contributed by atoms with Crippen molar-refractivity contribution in [2.75, 3.05) is 18.9 Å². The quantitative estimate of drug-likeness (QED) is 0.621. The fourth-order valence-corrected chi connectivity index (χ4v) is 5.78. The second-order valence-corrected chi connectivity index (χ2v) is 9.99. The van der Waals surface area contributed by atoms with Crippen LogP contribution < -0.4 is 10.6 Å². The van der Waals surface area contributed by atoms with Crippen molar-refractivity contribution in [3.05, 3.63) is 63.9 Å². The molecule has 2 fully saturated rings. The Balaban J connectivity index is 1.36. The Morgan fingerprint density at radius 3 is 2.70 bits per heavy atom. The van der Waals surface area contributed by atoms with Crippen LogP contribution in [0, 0.1) is 5.82 Å². The third-order valence-electron chi connectivity index (χ3n) is 7.42. The van der Waals surface area contributed by atoms with Gasteiger partial charge in [-0.15, -0.1) is 0 Å². The summed E-state index contributed by atoms with van der Waals surface area (Å²) in [5.74, 6) is -1.52. The summed E-state index contributed by atoms with van der Waals surface area (Å²) < 4.78 is 19.3. The molecule has 3 atom stereocenters. The van der Waals surface area contributed by atoms with Crippen LogP contribution in [0.2, 0.25) is 5.02 Å². The van der Waals surface area contributed by atoms with Crippen LogP contribution in [0.15, 0.2) is 36.4 Å². The number of benzene rings is 2. The van der Waals surface area contributed by atoms with E-state index >= 15 is 0 Å². The number of likely N-dealkylation sites (tertiary alicyclic amines) is 1. The van der Waals surface area contributed by atoms with Gasteiger partial charge in [0.1, 0.15) is 12.4 Å². The molecule has 3 aliphatic rings. The second kappa shape index (κ2) is 9.33. The standard InChI is InChI=1S/C26H26ClFN4O5/c1-14-3-8-21(16-4-7-20(28)19(27)12-16)32(14)22(33)13-31-23(34)26(37-25(31)36)10-9-15-11-17(5-6-18(15)26)30-24(35)29-2/h4-7,11-12,14,21H,3,8-10,13H2,1-2H3,(H2,29,30,35)/t14-,21+,26+/m0/s1. The number of hydrogen-bond acceptors (Lipinski definition) is 5. The van der Waals surface area contributed by atoms with Gasteiger partial charge in [0.2, 0.25) is 11.5 Å². The molecule has 194 valence electrons. The minimum atomic E-state index is -1.49. The van der Waals surface area contributed by atoms with Gasteiger partial charge >= 0.3 is 12.1 Å². The minimum absolute atomic E-state index is 0.0294. The summed E-state index contributed by atoms with van der Waals surface area (Å²) in [5, 5.41) is 5.12. The SMILES string of the molecule is CNC(=O)Nc1ccc2c(c1)CC[C@@]21OC(=O)N(CC(=O)N2[C@@H](c3ccc(F)c(Cl)c3)CC[C@@H]2C)C1=O. The Hall–Kier alpha value is -3.66. The van der Waals surface area contributed by atoms with Gasteiger partial charge in [0.25, 0.3) is 5.91 Å². The van der Waals surface area contributed by atoms with Gasteiger partial charge in [-0.25, -0.2) is 18.9 Å². The number of anilines is 1. The molecule has 0 bridgehead atoms. The van der Waals surface area contributed by atoms with E-state index in [0.29, 0.717) is 36.1 Å². The molecule has 0 unspecified atom stereocenters. The summed E-state index contributed by atoms with van der Waals surface area (Å²) in [6, 6.07) is 8.56. The summed E-state index contributed by atoms with van der Waals surface area (Å²) >= 11 is 5.97. The normalized spacial score (nSPS) is 24.4. The first-order valence-electron chi connectivity index (χ1n) is 12.1. The van der Waals surface area contributed by atoms with Crippen molar-refractivity contribution in [2.24, 2.45) is 0 Å². The molecule has 2 heterocycles. The van der Waals surface area contributed by atoms with Crippen molar-refractivity contribution < 1.29 is 28.3 Å². The number of nitrogens with zero attached hydrogens (tertiary/aromatic N) is 2. The molecule has 2 saturated heterocycles. The molecule has 0 radical (unpaired) electrons. The van der Waals surface area contributed by atoms with Crippen LogP contribution >= 0.6 is 11.6 Å². The second-order valence-electron chi connectivity index (χ2n) is 9.58. The molecular formula is C26H26ClFN4O5. The van der Waals surface area contributed by atoms with Gasteiger partial charge in [-0.05, 0) is 61.6 Å². The van der Waals surface area contributed by atoms with Crippen LogP contribution in [0.25, 0.3) is 0 Å². The van der Waals surface area contributed by atoms with Gasteiger partial charge in [-0.3, -0.25) is 9.59 Å². The molecule has 0 saturated carbocycles. The van der Waals surface area contributed by atoms with E-state index in [1.807, 2.05) is 6.92 Å². The average Bonchev–Trinajstić information content (AvgIpc) is 3.51. The maximum absolute atomic E-state index is 13.7. The van der Waals surface area contributed by atoms with Gasteiger partial charge in [0.15, 0.2) is 0 Å². The molecular weight excluding hydrogens is 503 g/mol. The number of halogens is 2. The molecule has 0 aromatic heterocycles. The maximum Gasteiger partial charge on any atom is 0.418 e. The van der Waals surface area contributed by atoms with Crippen molar-refractivity contribution in [1.29, 1.82) is 0 Å². The zero-order chi connectivity index (χ0) is 26.5. The van der Waals surface area contributed by atoms with E-state index in [2.05, 4.69) is 10.6 Å². The molecule has 2 aromatic rings. The highest BCUT2D eigenvalue weighted by Gasteiger charge is 2.58. The van der Waals surface area contributed by atoms with Crippen molar-refractivity contribution in [3.8, 4) is 0 Å². The number of fused-ring (bicyclic) bond motifs is 2. The lowest BCUT2D eigenvalue weighted by Crippen LogP contribution is -2.46. The van der Waals surface area contributed by atoms with Gasteiger partial charge in [0.05, 0.1) is 11.1 Å². The van der Waals surface area contributed by atoms with E-state index in [4.69, 9.17) is 16.3 Å². The lowest BCUT2D eigenvalue weighted by Gasteiger charge is -2.30. The van der Waals surface area contributed by atoms with Crippen LogP contribution in [-0.4, -0.2) is 53.4 Å². The molecule has 2 aliphatic heterocycles. The predicted octanol–water partition coefficient (Wildman–Crippen LogP) is 4.10. The number of amides is 5. The fourth-order valence-electron chi connectivity index (χ4n) is 5.59. The van der Waals surface area contributed by atoms with Crippen molar-refractivity contribution >= 4 is 41.2 Å². The summed E-state index contributed by atoms with van der Waals surface area (Å²) in [7, 11) is 1.50. The van der Waals surface area contributed by atoms with Gasteiger partial charge in [-0.1, -0.05) is 23.7 Å². The Labute approximate surface area is 217 Å². The Bertz CT molecular complexity index is 1320. The Kier molecular flexibility index (Phi) is 6.31. The largest absolute Gasteiger partial charge is 0.427 e. The summed E-state index contributed by atoms with van der Waals surface area (Å²) in [6.45, 7) is 1.44. The average molecular weight is 529 g/mol. The molecule has 9 nitrogen and oxygen atoms in total. The first-order valence-corrected chi connectivity index (χ1v) is 12.5. The van der Waals surface area contributed by atoms with Crippen molar-refractivity contribution in [2.45, 2.75) is 50.3 Å². The first-order chi connectivity index (χ1) is 17.6. The van der Waals surface area contributed by atoms with Crippen LogP contribution in [-0.2, 0) is 26.3 Å². The van der Waals surface area contributed by atoms with Crippen LogP contribution in [0.4, 0.5) is 19.7 Å². The molecule has 5 rings (SSSR count).